The third-order valence-electron chi connectivity index (χ3n) is 4.92. The highest BCUT2D eigenvalue weighted by Gasteiger charge is 2.29. The van der Waals surface area contributed by atoms with Gasteiger partial charge < -0.3 is 9.64 Å². The highest BCUT2D eigenvalue weighted by molar-refractivity contribution is 7.89. The molecule has 1 aliphatic carbocycles. The predicted octanol–water partition coefficient (Wildman–Crippen LogP) is 2.36. The van der Waals surface area contributed by atoms with Gasteiger partial charge in [-0.1, -0.05) is 12.2 Å². The maximum absolute atomic E-state index is 12.7. The number of benzene rings is 1. The van der Waals surface area contributed by atoms with E-state index in [0.29, 0.717) is 23.7 Å². The smallest absolute Gasteiger partial charge is 0.243 e. The molecule has 0 aromatic heterocycles. The molecule has 1 aromatic rings. The van der Waals surface area contributed by atoms with Crippen LogP contribution in [0.25, 0.3) is 0 Å². The molecule has 0 N–H and O–H groups in total. The van der Waals surface area contributed by atoms with Crippen LogP contribution >= 0.6 is 0 Å². The molecule has 3 rings (SSSR count). The summed E-state index contributed by atoms with van der Waals surface area (Å²) in [6.07, 6.45) is 8.12. The molecule has 1 aliphatic heterocycles. The van der Waals surface area contributed by atoms with Crippen molar-refractivity contribution >= 4 is 10.0 Å². The molecule has 1 saturated heterocycles. The van der Waals surface area contributed by atoms with E-state index in [1.54, 1.807) is 35.7 Å². The van der Waals surface area contributed by atoms with E-state index in [1.807, 2.05) is 0 Å². The Morgan fingerprint density at radius 2 is 1.79 bits per heavy atom. The van der Waals surface area contributed by atoms with Gasteiger partial charge in [-0.25, -0.2) is 8.42 Å². The van der Waals surface area contributed by atoms with Crippen molar-refractivity contribution in [3.05, 3.63) is 36.4 Å². The largest absolute Gasteiger partial charge is 0.497 e. The van der Waals surface area contributed by atoms with Crippen molar-refractivity contribution in [3.8, 4) is 5.75 Å². The summed E-state index contributed by atoms with van der Waals surface area (Å²) in [6.45, 7) is 3.85. The lowest BCUT2D eigenvalue weighted by molar-refractivity contribution is 0.161. The Balaban J connectivity index is 1.57. The zero-order chi connectivity index (χ0) is 17.0. The maximum Gasteiger partial charge on any atom is 0.243 e. The number of allylic oxidation sites excluding steroid dienone is 2. The first-order valence-corrected chi connectivity index (χ1v) is 10.0. The molecule has 1 heterocycles. The SMILES string of the molecule is COc1ccc(S(=O)(=O)N2CCN(C[C@@H]3CC=CCC3)CC2)cc1. The number of rotatable bonds is 5. The van der Waals surface area contributed by atoms with Gasteiger partial charge in [-0.2, -0.15) is 4.31 Å². The molecule has 1 atom stereocenters. The molecule has 1 aromatic carbocycles. The lowest BCUT2D eigenvalue weighted by Gasteiger charge is -2.36. The average Bonchev–Trinajstić information content (AvgIpc) is 2.63. The van der Waals surface area contributed by atoms with E-state index in [-0.39, 0.29) is 0 Å². The van der Waals surface area contributed by atoms with E-state index < -0.39 is 10.0 Å². The molecular formula is C18H26N2O3S. The standard InChI is InChI=1S/C18H26N2O3S/c1-23-17-7-9-18(10-8-17)24(21,22)20-13-11-19(12-14-20)15-16-5-3-2-4-6-16/h2-3,7-10,16H,4-6,11-15H2,1H3/t16-/m1/s1. The summed E-state index contributed by atoms with van der Waals surface area (Å²) < 4.78 is 32.2. The van der Waals surface area contributed by atoms with Gasteiger partial charge in [0.25, 0.3) is 0 Å². The van der Waals surface area contributed by atoms with Crippen LogP contribution in [0.5, 0.6) is 5.75 Å². The van der Waals surface area contributed by atoms with Gasteiger partial charge in [0.1, 0.15) is 5.75 Å². The molecule has 24 heavy (non-hydrogen) atoms. The summed E-state index contributed by atoms with van der Waals surface area (Å²) in [7, 11) is -1.83. The third-order valence-corrected chi connectivity index (χ3v) is 6.84. The van der Waals surface area contributed by atoms with Gasteiger partial charge in [0.2, 0.25) is 10.0 Å². The number of methoxy groups -OCH3 is 1. The third kappa shape index (κ3) is 3.99. The summed E-state index contributed by atoms with van der Waals surface area (Å²) in [5, 5.41) is 0. The zero-order valence-electron chi connectivity index (χ0n) is 14.2. The molecule has 132 valence electrons. The van der Waals surface area contributed by atoms with Gasteiger partial charge in [-0.15, -0.1) is 0 Å². The molecule has 0 saturated carbocycles. The van der Waals surface area contributed by atoms with Crippen LogP contribution < -0.4 is 4.74 Å². The summed E-state index contributed by atoms with van der Waals surface area (Å²) >= 11 is 0. The van der Waals surface area contributed by atoms with E-state index in [0.717, 1.165) is 32.0 Å². The van der Waals surface area contributed by atoms with Crippen LogP contribution in [0.2, 0.25) is 0 Å². The molecule has 5 nitrogen and oxygen atoms in total. The predicted molar refractivity (Wildman–Crippen MR) is 94.7 cm³/mol. The minimum Gasteiger partial charge on any atom is -0.497 e. The van der Waals surface area contributed by atoms with Crippen LogP contribution in [-0.4, -0.2) is 57.5 Å². The molecule has 0 bridgehead atoms. The van der Waals surface area contributed by atoms with Crippen molar-refractivity contribution < 1.29 is 13.2 Å². The summed E-state index contributed by atoms with van der Waals surface area (Å²) in [6, 6.07) is 6.63. The summed E-state index contributed by atoms with van der Waals surface area (Å²) in [4.78, 5) is 2.75. The molecule has 0 spiro atoms. The van der Waals surface area contributed by atoms with Crippen molar-refractivity contribution in [3.63, 3.8) is 0 Å². The molecule has 2 aliphatic rings. The maximum atomic E-state index is 12.7. The molecule has 0 unspecified atom stereocenters. The van der Waals surface area contributed by atoms with Gasteiger partial charge in [-0.05, 0) is 49.4 Å². The van der Waals surface area contributed by atoms with Crippen LogP contribution in [0.4, 0.5) is 0 Å². The Morgan fingerprint density at radius 3 is 2.38 bits per heavy atom. The van der Waals surface area contributed by atoms with Crippen LogP contribution in [0, 0.1) is 5.92 Å². The van der Waals surface area contributed by atoms with E-state index in [1.165, 1.54) is 12.8 Å². The number of hydrogen-bond acceptors (Lipinski definition) is 4. The van der Waals surface area contributed by atoms with E-state index >= 15 is 0 Å². The normalized spacial score (nSPS) is 23.3. The minimum atomic E-state index is -3.40. The Hall–Kier alpha value is -1.37. The number of nitrogens with zero attached hydrogens (tertiary/aromatic N) is 2. The summed E-state index contributed by atoms with van der Waals surface area (Å²) in [5.41, 5.74) is 0. The molecule has 6 heteroatoms. The van der Waals surface area contributed by atoms with Gasteiger partial charge in [0.05, 0.1) is 12.0 Å². The van der Waals surface area contributed by atoms with E-state index in [2.05, 4.69) is 17.1 Å². The fourth-order valence-corrected chi connectivity index (χ4v) is 4.86. The van der Waals surface area contributed by atoms with Crippen LogP contribution in [-0.2, 0) is 10.0 Å². The van der Waals surface area contributed by atoms with Crippen molar-refractivity contribution in [2.45, 2.75) is 24.2 Å². The number of ether oxygens (including phenoxy) is 1. The fraction of sp³-hybridized carbons (Fsp3) is 0.556. The topological polar surface area (TPSA) is 49.9 Å². The van der Waals surface area contributed by atoms with Gasteiger partial charge in [0.15, 0.2) is 0 Å². The number of sulfonamides is 1. The second-order valence-corrected chi connectivity index (χ2v) is 8.47. The first-order valence-electron chi connectivity index (χ1n) is 8.61. The van der Waals surface area contributed by atoms with Crippen LogP contribution in [0.3, 0.4) is 0 Å². The van der Waals surface area contributed by atoms with Crippen molar-refractivity contribution in [2.24, 2.45) is 5.92 Å². The molecule has 0 radical (unpaired) electrons. The quantitative estimate of drug-likeness (QED) is 0.765. The van der Waals surface area contributed by atoms with Crippen LogP contribution in [0.1, 0.15) is 19.3 Å². The van der Waals surface area contributed by atoms with E-state index in [9.17, 15) is 8.42 Å². The summed E-state index contributed by atoms with van der Waals surface area (Å²) in [5.74, 6) is 1.39. The van der Waals surface area contributed by atoms with Crippen LogP contribution in [0.15, 0.2) is 41.3 Å². The fourth-order valence-electron chi connectivity index (χ4n) is 3.44. The van der Waals surface area contributed by atoms with Crippen molar-refractivity contribution in [1.82, 2.24) is 9.21 Å². The Morgan fingerprint density at radius 1 is 1.08 bits per heavy atom. The Bertz CT molecular complexity index is 662. The number of hydrogen-bond donors (Lipinski definition) is 0. The number of piperazine rings is 1. The average molecular weight is 350 g/mol. The highest BCUT2D eigenvalue weighted by Crippen LogP contribution is 2.23. The van der Waals surface area contributed by atoms with E-state index in [4.69, 9.17) is 4.74 Å². The zero-order valence-corrected chi connectivity index (χ0v) is 15.0. The van der Waals surface area contributed by atoms with Gasteiger partial charge >= 0.3 is 0 Å². The first-order chi connectivity index (χ1) is 11.6. The van der Waals surface area contributed by atoms with Gasteiger partial charge in [-0.3, -0.25) is 0 Å². The Kier molecular flexibility index (Phi) is 5.58. The monoisotopic (exact) mass is 350 g/mol. The van der Waals surface area contributed by atoms with Crippen molar-refractivity contribution in [2.75, 3.05) is 39.8 Å². The minimum absolute atomic E-state index is 0.342. The first kappa shape index (κ1) is 17.5. The van der Waals surface area contributed by atoms with Crippen molar-refractivity contribution in [1.29, 1.82) is 0 Å². The highest BCUT2D eigenvalue weighted by atomic mass is 32.2. The molecular weight excluding hydrogens is 324 g/mol. The lowest BCUT2D eigenvalue weighted by Crippen LogP contribution is -2.49. The molecule has 1 fully saturated rings. The second kappa shape index (κ2) is 7.68. The van der Waals surface area contributed by atoms with Gasteiger partial charge in [0, 0.05) is 32.7 Å². The Labute approximate surface area is 145 Å². The second-order valence-electron chi connectivity index (χ2n) is 6.53. The lowest BCUT2D eigenvalue weighted by atomic mass is 9.94. The molecule has 0 amide bonds.